The van der Waals surface area contributed by atoms with Gasteiger partial charge in [0.05, 0.1) is 5.25 Å². The van der Waals surface area contributed by atoms with Gasteiger partial charge in [-0.3, -0.25) is 0 Å². The van der Waals surface area contributed by atoms with E-state index < -0.39 is 21.1 Å². The van der Waals surface area contributed by atoms with Gasteiger partial charge >= 0.3 is 0 Å². The minimum absolute atomic E-state index is 0.471. The van der Waals surface area contributed by atoms with E-state index >= 15 is 0 Å². The lowest BCUT2D eigenvalue weighted by atomic mass is 10.0. The van der Waals surface area contributed by atoms with Crippen LogP contribution in [0.5, 0.6) is 0 Å². The third kappa shape index (κ3) is 2.36. The Bertz CT molecular complexity index is 631. The molecular formula is C12H15NO2S2. The van der Waals surface area contributed by atoms with Crippen LogP contribution in [-0.2, 0) is 9.84 Å². The topological polar surface area (TPSA) is 60.2 Å². The van der Waals surface area contributed by atoms with E-state index in [1.807, 2.05) is 29.6 Å². The minimum atomic E-state index is -3.12. The maximum absolute atomic E-state index is 11.5. The van der Waals surface area contributed by atoms with Gasteiger partial charge in [-0.2, -0.15) is 0 Å². The highest BCUT2D eigenvalue weighted by atomic mass is 32.2. The van der Waals surface area contributed by atoms with E-state index in [1.165, 1.54) is 6.26 Å². The number of benzene rings is 1. The van der Waals surface area contributed by atoms with Crippen molar-refractivity contribution in [2.24, 2.45) is 5.73 Å². The highest BCUT2D eigenvalue weighted by Gasteiger charge is 2.25. The maximum Gasteiger partial charge on any atom is 0.151 e. The Balaban J connectivity index is 2.47. The van der Waals surface area contributed by atoms with Crippen molar-refractivity contribution >= 4 is 31.3 Å². The van der Waals surface area contributed by atoms with Crippen LogP contribution in [0.1, 0.15) is 18.5 Å². The average Bonchev–Trinajstić information content (AvgIpc) is 2.69. The molecule has 0 spiro atoms. The Morgan fingerprint density at radius 1 is 1.29 bits per heavy atom. The third-order valence-corrected chi connectivity index (χ3v) is 5.68. The highest BCUT2D eigenvalue weighted by Crippen LogP contribution is 2.31. The van der Waals surface area contributed by atoms with E-state index in [9.17, 15) is 8.42 Å². The van der Waals surface area contributed by atoms with E-state index in [4.69, 9.17) is 5.73 Å². The van der Waals surface area contributed by atoms with Crippen molar-refractivity contribution in [3.63, 3.8) is 0 Å². The van der Waals surface area contributed by atoms with E-state index in [0.29, 0.717) is 0 Å². The summed E-state index contributed by atoms with van der Waals surface area (Å²) in [5.41, 5.74) is 6.98. The van der Waals surface area contributed by atoms with Gasteiger partial charge in [0, 0.05) is 17.0 Å². The van der Waals surface area contributed by atoms with Gasteiger partial charge in [-0.1, -0.05) is 18.2 Å². The minimum Gasteiger partial charge on any atom is -0.323 e. The number of hydrogen-bond acceptors (Lipinski definition) is 4. The van der Waals surface area contributed by atoms with Gasteiger partial charge in [0.15, 0.2) is 9.84 Å². The Morgan fingerprint density at radius 3 is 2.59 bits per heavy atom. The number of rotatable bonds is 3. The Hall–Kier alpha value is -0.910. The fourth-order valence-electron chi connectivity index (χ4n) is 1.78. The van der Waals surface area contributed by atoms with Crippen molar-refractivity contribution in [1.29, 1.82) is 0 Å². The van der Waals surface area contributed by atoms with Gasteiger partial charge in [0.25, 0.3) is 0 Å². The van der Waals surface area contributed by atoms with Crippen LogP contribution < -0.4 is 5.73 Å². The summed E-state index contributed by atoms with van der Waals surface area (Å²) in [6.07, 6.45) is 1.23. The van der Waals surface area contributed by atoms with Gasteiger partial charge in [-0.05, 0) is 29.3 Å². The zero-order valence-corrected chi connectivity index (χ0v) is 11.4. The summed E-state index contributed by atoms with van der Waals surface area (Å²) in [5, 5.41) is 2.44. The lowest BCUT2D eigenvalue weighted by Gasteiger charge is -2.17. The van der Waals surface area contributed by atoms with Crippen molar-refractivity contribution < 1.29 is 8.42 Å². The Labute approximate surface area is 105 Å². The molecule has 1 heterocycles. The molecule has 17 heavy (non-hydrogen) atoms. The molecule has 3 nitrogen and oxygen atoms in total. The van der Waals surface area contributed by atoms with Crippen LogP contribution in [0.3, 0.4) is 0 Å². The molecule has 2 N–H and O–H groups in total. The molecule has 0 radical (unpaired) electrons. The molecule has 0 bridgehead atoms. The second kappa shape index (κ2) is 4.40. The molecule has 0 aliphatic rings. The number of nitrogens with two attached hydrogens (primary N) is 1. The van der Waals surface area contributed by atoms with Gasteiger partial charge < -0.3 is 5.73 Å². The number of hydrogen-bond donors (Lipinski definition) is 1. The maximum atomic E-state index is 11.5. The predicted octanol–water partition coefficient (Wildman–Crippen LogP) is 2.33. The first-order valence-corrected chi connectivity index (χ1v) is 8.15. The molecule has 92 valence electrons. The third-order valence-electron chi connectivity index (χ3n) is 3.05. The van der Waals surface area contributed by atoms with E-state index in [-0.39, 0.29) is 0 Å². The van der Waals surface area contributed by atoms with Crippen LogP contribution in [0.4, 0.5) is 0 Å². The van der Waals surface area contributed by atoms with Gasteiger partial charge in [0.1, 0.15) is 0 Å². The quantitative estimate of drug-likeness (QED) is 0.930. The van der Waals surface area contributed by atoms with Crippen molar-refractivity contribution in [1.82, 2.24) is 0 Å². The molecule has 1 aromatic heterocycles. The van der Waals surface area contributed by atoms with Crippen molar-refractivity contribution in [3.8, 4) is 0 Å². The monoisotopic (exact) mass is 269 g/mol. The summed E-state index contributed by atoms with van der Waals surface area (Å²) >= 11 is 1.60. The SMILES string of the molecule is CC(C(N)c1csc2ccccc12)S(C)(=O)=O. The molecule has 0 amide bonds. The second-order valence-corrected chi connectivity index (χ2v) is 7.56. The molecule has 2 rings (SSSR count). The second-order valence-electron chi connectivity index (χ2n) is 4.25. The number of sulfone groups is 1. The van der Waals surface area contributed by atoms with Gasteiger partial charge in [-0.25, -0.2) is 8.42 Å². The molecule has 0 saturated heterocycles. The predicted molar refractivity (Wildman–Crippen MR) is 73.1 cm³/mol. The first kappa shape index (κ1) is 12.5. The van der Waals surface area contributed by atoms with Crippen molar-refractivity contribution in [2.75, 3.05) is 6.26 Å². The van der Waals surface area contributed by atoms with Crippen LogP contribution in [-0.4, -0.2) is 19.9 Å². The standard InChI is InChI=1S/C12H15NO2S2/c1-8(17(2,14)15)12(13)10-7-16-11-6-4-3-5-9(10)11/h3-8,12H,13H2,1-2H3. The molecule has 5 heteroatoms. The van der Waals surface area contributed by atoms with Gasteiger partial charge in [-0.15, -0.1) is 11.3 Å². The first-order valence-electron chi connectivity index (χ1n) is 5.32. The fraction of sp³-hybridized carbons (Fsp3) is 0.333. The summed E-state index contributed by atoms with van der Waals surface area (Å²) in [6, 6.07) is 7.43. The molecule has 1 aromatic carbocycles. The smallest absolute Gasteiger partial charge is 0.151 e. The molecule has 0 aliphatic carbocycles. The summed E-state index contributed by atoms with van der Waals surface area (Å²) in [5.74, 6) is 0. The summed E-state index contributed by atoms with van der Waals surface area (Å²) in [7, 11) is -3.12. The van der Waals surface area contributed by atoms with Crippen LogP contribution in [0, 0.1) is 0 Å². The fourth-order valence-corrected chi connectivity index (χ4v) is 3.46. The summed E-state index contributed by atoms with van der Waals surface area (Å²) in [4.78, 5) is 0. The number of fused-ring (bicyclic) bond motifs is 1. The molecular weight excluding hydrogens is 254 g/mol. The van der Waals surface area contributed by atoms with E-state index in [1.54, 1.807) is 18.3 Å². The molecule has 0 aliphatic heterocycles. The van der Waals surface area contributed by atoms with E-state index in [0.717, 1.165) is 15.6 Å². The summed E-state index contributed by atoms with van der Waals surface area (Å²) in [6.45, 7) is 1.66. The van der Waals surface area contributed by atoms with Crippen LogP contribution >= 0.6 is 11.3 Å². The number of thiophene rings is 1. The average molecular weight is 269 g/mol. The Kier molecular flexibility index (Phi) is 3.25. The largest absolute Gasteiger partial charge is 0.323 e. The summed E-state index contributed by atoms with van der Waals surface area (Å²) < 4.78 is 24.2. The zero-order valence-electron chi connectivity index (χ0n) is 9.75. The lowest BCUT2D eigenvalue weighted by Crippen LogP contribution is -2.30. The molecule has 0 fully saturated rings. The first-order chi connectivity index (χ1) is 7.91. The lowest BCUT2D eigenvalue weighted by molar-refractivity contribution is 0.572. The Morgan fingerprint density at radius 2 is 1.94 bits per heavy atom. The van der Waals surface area contributed by atoms with Crippen LogP contribution in [0.25, 0.3) is 10.1 Å². The van der Waals surface area contributed by atoms with E-state index in [2.05, 4.69) is 0 Å². The van der Waals surface area contributed by atoms with Crippen LogP contribution in [0.15, 0.2) is 29.6 Å². The highest BCUT2D eigenvalue weighted by molar-refractivity contribution is 7.91. The van der Waals surface area contributed by atoms with Crippen molar-refractivity contribution in [3.05, 3.63) is 35.2 Å². The molecule has 0 saturated carbocycles. The normalized spacial score (nSPS) is 15.9. The van der Waals surface area contributed by atoms with Crippen LogP contribution in [0.2, 0.25) is 0 Å². The van der Waals surface area contributed by atoms with Gasteiger partial charge in [0.2, 0.25) is 0 Å². The molecule has 2 aromatic rings. The van der Waals surface area contributed by atoms with Crippen molar-refractivity contribution in [2.45, 2.75) is 18.2 Å². The molecule has 2 atom stereocenters. The molecule has 2 unspecified atom stereocenters. The zero-order chi connectivity index (χ0) is 12.6.